The van der Waals surface area contributed by atoms with Gasteiger partial charge in [0.25, 0.3) is 0 Å². The predicted molar refractivity (Wildman–Crippen MR) is 312 cm³/mol. The molecule has 0 aromatic heterocycles. The van der Waals surface area contributed by atoms with E-state index in [0.29, 0.717) is 19.3 Å². The van der Waals surface area contributed by atoms with Crippen LogP contribution in [-0.2, 0) is 28.6 Å². The first kappa shape index (κ1) is 70.4. The average Bonchev–Trinajstić information content (AvgIpc) is 3.38. The zero-order valence-corrected chi connectivity index (χ0v) is 49.2. The molecular formula is C66H128O6. The lowest BCUT2D eigenvalue weighted by Gasteiger charge is -2.18. The molecule has 0 N–H and O–H groups in total. The summed E-state index contributed by atoms with van der Waals surface area (Å²) in [4.78, 5) is 38.2. The second-order valence-corrected chi connectivity index (χ2v) is 22.8. The zero-order chi connectivity index (χ0) is 52.2. The van der Waals surface area contributed by atoms with Gasteiger partial charge >= 0.3 is 17.9 Å². The number of ether oxygens (including phenoxy) is 3. The Morgan fingerprint density at radius 1 is 0.222 bits per heavy atom. The second kappa shape index (κ2) is 62.0. The number of unbranched alkanes of at least 4 members (excludes halogenated alkanes) is 51. The Bertz CT molecular complexity index is 1080. The van der Waals surface area contributed by atoms with E-state index in [1.54, 1.807) is 0 Å². The third-order valence-corrected chi connectivity index (χ3v) is 15.4. The van der Waals surface area contributed by atoms with Gasteiger partial charge in [-0.1, -0.05) is 348 Å². The molecule has 0 saturated carbocycles. The van der Waals surface area contributed by atoms with Crippen molar-refractivity contribution >= 4 is 17.9 Å². The van der Waals surface area contributed by atoms with Crippen LogP contribution in [0.15, 0.2) is 0 Å². The van der Waals surface area contributed by atoms with Gasteiger partial charge in [-0.2, -0.15) is 0 Å². The maximum absolute atomic E-state index is 12.8. The zero-order valence-electron chi connectivity index (χ0n) is 49.2. The van der Waals surface area contributed by atoms with E-state index in [2.05, 4.69) is 20.8 Å². The Kier molecular flexibility index (Phi) is 60.6. The highest BCUT2D eigenvalue weighted by Gasteiger charge is 2.19. The Balaban J connectivity index is 4.02. The van der Waals surface area contributed by atoms with Gasteiger partial charge in [0.15, 0.2) is 6.10 Å². The summed E-state index contributed by atoms with van der Waals surface area (Å²) in [6, 6.07) is 0. The van der Waals surface area contributed by atoms with E-state index in [1.165, 1.54) is 289 Å². The molecule has 0 amide bonds. The molecule has 0 heterocycles. The van der Waals surface area contributed by atoms with Crippen LogP contribution < -0.4 is 0 Å². The quantitative estimate of drug-likeness (QED) is 0.0343. The Morgan fingerprint density at radius 3 is 0.556 bits per heavy atom. The maximum atomic E-state index is 12.8. The molecule has 428 valence electrons. The minimum absolute atomic E-state index is 0.0610. The lowest BCUT2D eigenvalue weighted by atomic mass is 10.0. The molecule has 0 aromatic carbocycles. The van der Waals surface area contributed by atoms with Gasteiger partial charge in [0.05, 0.1) is 0 Å². The Labute approximate surface area is 450 Å². The third kappa shape index (κ3) is 59.3. The smallest absolute Gasteiger partial charge is 0.306 e. The monoisotopic (exact) mass is 1020 g/mol. The molecule has 0 aromatic rings. The van der Waals surface area contributed by atoms with Crippen molar-refractivity contribution in [2.45, 2.75) is 393 Å². The van der Waals surface area contributed by atoms with Crippen LogP contribution in [0, 0.1) is 0 Å². The number of hydrogen-bond donors (Lipinski definition) is 0. The summed E-state index contributed by atoms with van der Waals surface area (Å²) in [6.07, 6.45) is 71.4. The lowest BCUT2D eigenvalue weighted by molar-refractivity contribution is -0.167. The van der Waals surface area contributed by atoms with Crippen molar-refractivity contribution in [3.05, 3.63) is 0 Å². The van der Waals surface area contributed by atoms with Gasteiger partial charge in [0.2, 0.25) is 0 Å². The number of hydrogen-bond acceptors (Lipinski definition) is 6. The molecule has 0 rings (SSSR count). The largest absolute Gasteiger partial charge is 0.462 e. The van der Waals surface area contributed by atoms with Gasteiger partial charge in [0, 0.05) is 19.3 Å². The molecule has 1 atom stereocenters. The molecule has 6 nitrogen and oxygen atoms in total. The van der Waals surface area contributed by atoms with Gasteiger partial charge in [-0.25, -0.2) is 0 Å². The van der Waals surface area contributed by atoms with E-state index in [0.717, 1.165) is 57.8 Å². The van der Waals surface area contributed by atoms with E-state index < -0.39 is 6.10 Å². The van der Waals surface area contributed by atoms with Gasteiger partial charge < -0.3 is 14.2 Å². The highest BCUT2D eigenvalue weighted by Crippen LogP contribution is 2.19. The lowest BCUT2D eigenvalue weighted by Crippen LogP contribution is -2.30. The Hall–Kier alpha value is -1.59. The number of rotatable bonds is 62. The van der Waals surface area contributed by atoms with Crippen molar-refractivity contribution in [2.75, 3.05) is 13.2 Å². The topological polar surface area (TPSA) is 78.9 Å². The molecule has 6 heteroatoms. The van der Waals surface area contributed by atoms with E-state index in [9.17, 15) is 14.4 Å². The molecule has 0 fully saturated rings. The van der Waals surface area contributed by atoms with E-state index >= 15 is 0 Å². The fraction of sp³-hybridized carbons (Fsp3) is 0.955. The molecule has 0 bridgehead atoms. The van der Waals surface area contributed by atoms with Crippen LogP contribution in [-0.4, -0.2) is 37.2 Å². The SMILES string of the molecule is CCCCCCCCCCCCCCCCCCCCCCCCCCCCCCCCC(=O)OCC(COC(=O)CCCCCCCCCCCCCC)OC(=O)CCCCCCCCCCCCCC. The van der Waals surface area contributed by atoms with Crippen LogP contribution in [0.5, 0.6) is 0 Å². The summed E-state index contributed by atoms with van der Waals surface area (Å²) in [5.41, 5.74) is 0. The van der Waals surface area contributed by atoms with Gasteiger partial charge in [-0.15, -0.1) is 0 Å². The van der Waals surface area contributed by atoms with Gasteiger partial charge in [-0.3, -0.25) is 14.4 Å². The average molecular weight is 1020 g/mol. The summed E-state index contributed by atoms with van der Waals surface area (Å²) in [5, 5.41) is 0. The summed E-state index contributed by atoms with van der Waals surface area (Å²) in [6.45, 7) is 6.71. The molecule has 72 heavy (non-hydrogen) atoms. The number of carbonyl (C=O) groups is 3. The first-order valence-corrected chi connectivity index (χ1v) is 33.0. The summed E-state index contributed by atoms with van der Waals surface area (Å²) < 4.78 is 16.9. The maximum Gasteiger partial charge on any atom is 0.306 e. The molecule has 0 saturated heterocycles. The minimum Gasteiger partial charge on any atom is -0.462 e. The normalized spacial score (nSPS) is 11.9. The minimum atomic E-state index is -0.761. The Morgan fingerprint density at radius 2 is 0.375 bits per heavy atom. The van der Waals surface area contributed by atoms with Crippen LogP contribution in [0.1, 0.15) is 387 Å². The van der Waals surface area contributed by atoms with Crippen LogP contribution in [0.2, 0.25) is 0 Å². The van der Waals surface area contributed by atoms with Crippen molar-refractivity contribution in [1.29, 1.82) is 0 Å². The summed E-state index contributed by atoms with van der Waals surface area (Å²) in [7, 11) is 0. The molecular weight excluding hydrogens is 889 g/mol. The molecule has 0 spiro atoms. The second-order valence-electron chi connectivity index (χ2n) is 22.8. The van der Waals surface area contributed by atoms with Crippen molar-refractivity contribution in [1.82, 2.24) is 0 Å². The highest BCUT2D eigenvalue weighted by molar-refractivity contribution is 5.71. The fourth-order valence-corrected chi connectivity index (χ4v) is 10.4. The van der Waals surface area contributed by atoms with Crippen molar-refractivity contribution < 1.29 is 28.6 Å². The third-order valence-electron chi connectivity index (χ3n) is 15.4. The van der Waals surface area contributed by atoms with Crippen molar-refractivity contribution in [2.24, 2.45) is 0 Å². The molecule has 0 radical (unpaired) electrons. The summed E-state index contributed by atoms with van der Waals surface area (Å²) >= 11 is 0. The predicted octanol–water partition coefficient (Wildman–Crippen LogP) is 22.3. The molecule has 0 aliphatic heterocycles. The van der Waals surface area contributed by atoms with Crippen molar-refractivity contribution in [3.8, 4) is 0 Å². The number of carbonyl (C=O) groups excluding carboxylic acids is 3. The van der Waals surface area contributed by atoms with Gasteiger partial charge in [-0.05, 0) is 19.3 Å². The molecule has 0 aliphatic rings. The first-order valence-electron chi connectivity index (χ1n) is 33.0. The van der Waals surface area contributed by atoms with E-state index in [1.807, 2.05) is 0 Å². The van der Waals surface area contributed by atoms with Crippen LogP contribution in [0.3, 0.4) is 0 Å². The van der Waals surface area contributed by atoms with Gasteiger partial charge in [0.1, 0.15) is 13.2 Å². The standard InChI is InChI=1S/C66H128O6/c1-4-7-10-13-16-19-22-25-26-27-28-29-30-31-32-33-34-35-36-37-38-39-40-41-42-45-47-50-53-56-59-65(68)71-62-63(72-66(69)60-57-54-51-48-44-24-21-18-15-12-9-6-3)61-70-64(67)58-55-52-49-46-43-23-20-17-14-11-8-5-2/h63H,4-62H2,1-3H3. The molecule has 1 unspecified atom stereocenters. The van der Waals surface area contributed by atoms with Crippen molar-refractivity contribution in [3.63, 3.8) is 0 Å². The highest BCUT2D eigenvalue weighted by atomic mass is 16.6. The van der Waals surface area contributed by atoms with Crippen LogP contribution in [0.4, 0.5) is 0 Å². The van der Waals surface area contributed by atoms with E-state index in [4.69, 9.17) is 14.2 Å². The summed E-state index contributed by atoms with van der Waals surface area (Å²) in [5.74, 6) is -0.831. The van der Waals surface area contributed by atoms with E-state index in [-0.39, 0.29) is 31.1 Å². The van der Waals surface area contributed by atoms with Crippen LogP contribution >= 0.6 is 0 Å². The fourth-order valence-electron chi connectivity index (χ4n) is 10.4. The van der Waals surface area contributed by atoms with Crippen LogP contribution in [0.25, 0.3) is 0 Å². The number of esters is 3. The molecule has 0 aliphatic carbocycles. The first-order chi connectivity index (χ1) is 35.5.